The maximum Gasteiger partial charge on any atom is 0.257 e. The van der Waals surface area contributed by atoms with Crippen molar-refractivity contribution in [2.24, 2.45) is 0 Å². The van der Waals surface area contributed by atoms with Gasteiger partial charge in [0.05, 0.1) is 29.1 Å². The summed E-state index contributed by atoms with van der Waals surface area (Å²) in [6.45, 7) is 7.36. The van der Waals surface area contributed by atoms with E-state index in [1.54, 1.807) is 6.92 Å². The second kappa shape index (κ2) is 9.07. The van der Waals surface area contributed by atoms with Crippen LogP contribution >= 0.6 is 0 Å². The zero-order valence-corrected chi connectivity index (χ0v) is 19.2. The lowest BCUT2D eigenvalue weighted by molar-refractivity contribution is 0.196. The van der Waals surface area contributed by atoms with E-state index in [9.17, 15) is 9.90 Å². The summed E-state index contributed by atoms with van der Waals surface area (Å²) in [6.07, 6.45) is 5.13. The van der Waals surface area contributed by atoms with E-state index in [1.807, 2.05) is 29.8 Å². The molecule has 5 rings (SSSR count). The van der Waals surface area contributed by atoms with E-state index in [0.717, 1.165) is 63.1 Å². The number of hydrogen-bond donors (Lipinski definition) is 3. The summed E-state index contributed by atoms with van der Waals surface area (Å²) < 4.78 is 1.83. The lowest BCUT2D eigenvalue weighted by Crippen LogP contribution is -2.43. The molecule has 1 saturated carbocycles. The normalized spacial score (nSPS) is 18.1. The fourth-order valence-electron chi connectivity index (χ4n) is 5.14. The number of aromatic nitrogens is 4. The molecule has 1 aliphatic carbocycles. The van der Waals surface area contributed by atoms with Gasteiger partial charge in [-0.1, -0.05) is 12.8 Å². The van der Waals surface area contributed by atoms with Gasteiger partial charge in [-0.2, -0.15) is 0 Å². The first-order valence-electron chi connectivity index (χ1n) is 11.8. The first-order chi connectivity index (χ1) is 16.0. The Bertz CT molecular complexity index is 1190. The first-order valence-corrected chi connectivity index (χ1v) is 11.8. The quantitative estimate of drug-likeness (QED) is 0.546. The predicted octanol–water partition coefficient (Wildman–Crippen LogP) is 2.82. The predicted molar refractivity (Wildman–Crippen MR) is 129 cm³/mol. The minimum atomic E-state index is -0.854. The SMILES string of the molecule is Cc1c(C(C)O)c(=O)n(C2CCCC2)c2cc(Nc3ccc(N4CCNCC4)cn3)nnc12. The van der Waals surface area contributed by atoms with Crippen molar-refractivity contribution in [3.8, 4) is 0 Å². The molecule has 0 bridgehead atoms. The molecule has 0 radical (unpaired) electrons. The molecule has 0 spiro atoms. The minimum absolute atomic E-state index is 0.117. The summed E-state index contributed by atoms with van der Waals surface area (Å²) in [5, 5.41) is 25.7. The van der Waals surface area contributed by atoms with Gasteiger partial charge < -0.3 is 25.2 Å². The number of hydrogen-bond acceptors (Lipinski definition) is 8. The van der Waals surface area contributed by atoms with Crippen LogP contribution in [0, 0.1) is 6.92 Å². The van der Waals surface area contributed by atoms with Crippen LogP contribution in [0.4, 0.5) is 17.3 Å². The standard InChI is InChI=1S/C24H31N7O2/c1-15-22(16(2)32)24(33)31(17-5-3-4-6-17)19-13-21(28-29-23(15)19)27-20-8-7-18(14-26-20)30-11-9-25-10-12-30/h7-8,13-14,16-17,25,32H,3-6,9-12H2,1-2H3,(H,26,27,28). The van der Waals surface area contributed by atoms with Crippen molar-refractivity contribution >= 4 is 28.4 Å². The molecule has 174 valence electrons. The van der Waals surface area contributed by atoms with Gasteiger partial charge in [0.1, 0.15) is 11.3 Å². The molecule has 1 atom stereocenters. The highest BCUT2D eigenvalue weighted by Gasteiger charge is 2.25. The van der Waals surface area contributed by atoms with Crippen LogP contribution in [0.3, 0.4) is 0 Å². The number of anilines is 3. The van der Waals surface area contributed by atoms with Crippen LogP contribution in [-0.2, 0) is 0 Å². The Labute approximate surface area is 192 Å². The second-order valence-electron chi connectivity index (χ2n) is 9.06. The van der Waals surface area contributed by atoms with E-state index in [4.69, 9.17) is 0 Å². The Morgan fingerprint density at radius 1 is 1.15 bits per heavy atom. The monoisotopic (exact) mass is 449 g/mol. The van der Waals surface area contributed by atoms with E-state index in [0.29, 0.717) is 28.3 Å². The molecular formula is C24H31N7O2. The highest BCUT2D eigenvalue weighted by molar-refractivity contribution is 5.81. The van der Waals surface area contributed by atoms with Crippen molar-refractivity contribution in [2.45, 2.75) is 51.7 Å². The van der Waals surface area contributed by atoms with E-state index in [1.165, 1.54) is 0 Å². The van der Waals surface area contributed by atoms with E-state index < -0.39 is 6.10 Å². The molecule has 2 aliphatic rings. The highest BCUT2D eigenvalue weighted by Crippen LogP contribution is 2.33. The molecule has 3 aromatic heterocycles. The van der Waals surface area contributed by atoms with Crippen LogP contribution in [0.1, 0.15) is 55.9 Å². The molecule has 2 fully saturated rings. The summed E-state index contributed by atoms with van der Waals surface area (Å²) in [5.41, 5.74) is 3.49. The van der Waals surface area contributed by atoms with Crippen molar-refractivity contribution in [3.63, 3.8) is 0 Å². The highest BCUT2D eigenvalue weighted by atomic mass is 16.3. The molecule has 9 heteroatoms. The molecule has 3 aromatic rings. The Morgan fingerprint density at radius 2 is 1.91 bits per heavy atom. The van der Waals surface area contributed by atoms with Crippen LogP contribution in [0.2, 0.25) is 0 Å². The number of aryl methyl sites for hydroxylation is 1. The maximum absolute atomic E-state index is 13.4. The second-order valence-corrected chi connectivity index (χ2v) is 9.06. The van der Waals surface area contributed by atoms with Gasteiger partial charge in [0.15, 0.2) is 5.82 Å². The number of aliphatic hydroxyl groups is 1. The summed E-state index contributed by atoms with van der Waals surface area (Å²) in [7, 11) is 0. The molecular weight excluding hydrogens is 418 g/mol. The number of nitrogens with one attached hydrogen (secondary N) is 2. The Morgan fingerprint density at radius 3 is 2.58 bits per heavy atom. The molecule has 9 nitrogen and oxygen atoms in total. The van der Waals surface area contributed by atoms with Crippen LogP contribution in [0.5, 0.6) is 0 Å². The Hall–Kier alpha value is -3.04. The zero-order chi connectivity index (χ0) is 22.9. The third-order valence-electron chi connectivity index (χ3n) is 6.84. The van der Waals surface area contributed by atoms with E-state index in [-0.39, 0.29) is 11.6 Å². The van der Waals surface area contributed by atoms with Crippen LogP contribution in [0.25, 0.3) is 11.0 Å². The Kier molecular flexibility index (Phi) is 5.99. The van der Waals surface area contributed by atoms with Gasteiger partial charge in [-0.05, 0) is 44.4 Å². The summed E-state index contributed by atoms with van der Waals surface area (Å²) in [5.74, 6) is 1.22. The summed E-state index contributed by atoms with van der Waals surface area (Å²) >= 11 is 0. The van der Waals surface area contributed by atoms with Gasteiger partial charge in [-0.15, -0.1) is 10.2 Å². The topological polar surface area (TPSA) is 108 Å². The first kappa shape index (κ1) is 21.8. The molecule has 3 N–H and O–H groups in total. The van der Waals surface area contributed by atoms with E-state index >= 15 is 0 Å². The van der Waals surface area contributed by atoms with Crippen LogP contribution in [0.15, 0.2) is 29.2 Å². The minimum Gasteiger partial charge on any atom is -0.388 e. The number of nitrogens with zero attached hydrogens (tertiary/aromatic N) is 5. The van der Waals surface area contributed by atoms with Crippen molar-refractivity contribution < 1.29 is 5.11 Å². The maximum atomic E-state index is 13.4. The van der Waals surface area contributed by atoms with Crippen molar-refractivity contribution in [1.82, 2.24) is 25.1 Å². The van der Waals surface area contributed by atoms with Gasteiger partial charge >= 0.3 is 0 Å². The van der Waals surface area contributed by atoms with Crippen LogP contribution in [-0.4, -0.2) is 51.0 Å². The molecule has 1 aliphatic heterocycles. The van der Waals surface area contributed by atoms with Gasteiger partial charge in [-0.25, -0.2) is 4.98 Å². The van der Waals surface area contributed by atoms with Gasteiger partial charge in [0.25, 0.3) is 5.56 Å². The molecule has 1 saturated heterocycles. The third-order valence-corrected chi connectivity index (χ3v) is 6.84. The van der Waals surface area contributed by atoms with Crippen LogP contribution < -0.4 is 21.1 Å². The number of pyridine rings is 2. The van der Waals surface area contributed by atoms with Crippen molar-refractivity contribution in [1.29, 1.82) is 0 Å². The average molecular weight is 450 g/mol. The molecule has 1 unspecified atom stereocenters. The van der Waals surface area contributed by atoms with E-state index in [2.05, 4.69) is 36.8 Å². The third kappa shape index (κ3) is 4.18. The lowest BCUT2D eigenvalue weighted by atomic mass is 10.0. The zero-order valence-electron chi connectivity index (χ0n) is 19.2. The number of rotatable bonds is 5. The average Bonchev–Trinajstić information content (AvgIpc) is 3.34. The molecule has 0 amide bonds. The Balaban J connectivity index is 1.50. The van der Waals surface area contributed by atoms with Crippen molar-refractivity contribution in [2.75, 3.05) is 36.4 Å². The largest absolute Gasteiger partial charge is 0.388 e. The smallest absolute Gasteiger partial charge is 0.257 e. The van der Waals surface area contributed by atoms with Gasteiger partial charge in [0, 0.05) is 38.3 Å². The number of fused-ring (bicyclic) bond motifs is 1. The number of aliphatic hydroxyl groups excluding tert-OH is 1. The summed E-state index contributed by atoms with van der Waals surface area (Å²) in [4.78, 5) is 20.3. The molecule has 4 heterocycles. The molecule has 33 heavy (non-hydrogen) atoms. The van der Waals surface area contributed by atoms with Gasteiger partial charge in [0.2, 0.25) is 0 Å². The van der Waals surface area contributed by atoms with Crippen molar-refractivity contribution in [3.05, 3.63) is 45.9 Å². The number of piperazine rings is 1. The molecule has 0 aromatic carbocycles. The lowest BCUT2D eigenvalue weighted by Gasteiger charge is -2.29. The van der Waals surface area contributed by atoms with Gasteiger partial charge in [-0.3, -0.25) is 4.79 Å². The summed E-state index contributed by atoms with van der Waals surface area (Å²) in [6, 6.07) is 6.00. The fraction of sp³-hybridized carbons (Fsp3) is 0.500. The fourth-order valence-corrected chi connectivity index (χ4v) is 5.14.